The monoisotopic (exact) mass is 515 g/mol. The highest BCUT2D eigenvalue weighted by Crippen LogP contribution is 2.36. The fourth-order valence-corrected chi connectivity index (χ4v) is 3.50. The normalized spacial score (nSPS) is 12.9. The van der Waals surface area contributed by atoms with Gasteiger partial charge in [-0.3, -0.25) is 4.79 Å². The number of anilines is 3. The van der Waals surface area contributed by atoms with Gasteiger partial charge in [0.15, 0.2) is 5.82 Å². The number of amides is 3. The topological polar surface area (TPSA) is 121 Å². The summed E-state index contributed by atoms with van der Waals surface area (Å²) in [5.41, 5.74) is 1.07. The number of azo groups is 1. The van der Waals surface area contributed by atoms with Crippen molar-refractivity contribution < 1.29 is 22.8 Å². The van der Waals surface area contributed by atoms with Crippen molar-refractivity contribution in [1.29, 1.82) is 0 Å². The third kappa shape index (κ3) is 6.21. The highest BCUT2D eigenvalue weighted by molar-refractivity contribution is 6.31. The molecule has 1 aliphatic rings. The van der Waals surface area contributed by atoms with Crippen LogP contribution in [0.25, 0.3) is 0 Å². The number of alkyl halides is 3. The average molecular weight is 516 g/mol. The van der Waals surface area contributed by atoms with Gasteiger partial charge in [-0.25, -0.2) is 14.8 Å². The van der Waals surface area contributed by atoms with Crippen molar-refractivity contribution >= 4 is 40.7 Å². The minimum atomic E-state index is -4.64. The number of benzene rings is 2. The second-order valence-corrected chi connectivity index (χ2v) is 8.05. The molecule has 2 heterocycles. The molecule has 9 nitrogen and oxygen atoms in total. The van der Waals surface area contributed by atoms with Gasteiger partial charge in [-0.15, -0.1) is 10.2 Å². The highest BCUT2D eigenvalue weighted by atomic mass is 35.5. The fourth-order valence-electron chi connectivity index (χ4n) is 3.28. The lowest BCUT2D eigenvalue weighted by atomic mass is 10.0. The Hall–Kier alpha value is -4.32. The molecule has 0 radical (unpaired) electrons. The predicted octanol–water partition coefficient (Wildman–Crippen LogP) is 5.94. The number of carbonyl (C=O) groups excluding carboxylic acids is 2. The van der Waals surface area contributed by atoms with Crippen LogP contribution < -0.4 is 16.0 Å². The Morgan fingerprint density at radius 1 is 1.03 bits per heavy atom. The van der Waals surface area contributed by atoms with Crippen LogP contribution in [0.3, 0.4) is 0 Å². The predicted molar refractivity (Wildman–Crippen MR) is 127 cm³/mol. The second kappa shape index (κ2) is 10.1. The first-order valence-corrected chi connectivity index (χ1v) is 10.8. The molecule has 13 heteroatoms. The van der Waals surface area contributed by atoms with Crippen LogP contribution in [0, 0.1) is 6.92 Å². The summed E-state index contributed by atoms with van der Waals surface area (Å²) in [5, 5.41) is 14.5. The molecular formula is C23H17ClF3N7O2. The summed E-state index contributed by atoms with van der Waals surface area (Å²) in [5.74, 6) is 0.779. The molecule has 1 aliphatic heterocycles. The summed E-state index contributed by atoms with van der Waals surface area (Å²) >= 11 is 5.61. The van der Waals surface area contributed by atoms with Crippen molar-refractivity contribution in [1.82, 2.24) is 9.97 Å². The van der Waals surface area contributed by atoms with E-state index < -0.39 is 28.7 Å². The third-order valence-corrected chi connectivity index (χ3v) is 5.29. The SMILES string of the molecule is Cc1cc(NC(=O)Nc2ccc(Cl)c(C(F)(F)F)c2)ccc1Cc1nccc(NC2=CC(=O)N=N2)n1. The number of carbonyl (C=O) groups is 2. The highest BCUT2D eigenvalue weighted by Gasteiger charge is 2.33. The Labute approximate surface area is 207 Å². The smallest absolute Gasteiger partial charge is 0.323 e. The van der Waals surface area contributed by atoms with Crippen molar-refractivity contribution in [2.24, 2.45) is 10.2 Å². The van der Waals surface area contributed by atoms with E-state index in [0.717, 1.165) is 23.3 Å². The van der Waals surface area contributed by atoms with E-state index in [1.54, 1.807) is 30.5 Å². The number of hydrogen-bond donors (Lipinski definition) is 3. The molecule has 0 spiro atoms. The Bertz CT molecular complexity index is 1410. The number of nitrogens with one attached hydrogen (secondary N) is 3. The maximum atomic E-state index is 13.0. The standard InChI is InChI=1S/C23H17ClF3N7O2/c1-12-8-14(29-22(36)30-15-4-5-17(24)16(10-15)23(25,26)27)3-2-13(12)9-19-28-7-6-18(31-19)32-20-11-21(35)34-33-20/h2-8,10-11H,9H2,1H3,(H,28,31,32)(H2,29,30,36). The minimum Gasteiger partial charge on any atom is -0.323 e. The lowest BCUT2D eigenvalue weighted by Gasteiger charge is -2.13. The third-order valence-electron chi connectivity index (χ3n) is 4.96. The molecule has 0 bridgehead atoms. The van der Waals surface area contributed by atoms with E-state index in [1.165, 1.54) is 12.1 Å². The Morgan fingerprint density at radius 2 is 1.75 bits per heavy atom. The quantitative estimate of drug-likeness (QED) is 0.375. The largest absolute Gasteiger partial charge is 0.417 e. The lowest BCUT2D eigenvalue weighted by molar-refractivity contribution is -0.137. The zero-order valence-corrected chi connectivity index (χ0v) is 19.3. The van der Waals surface area contributed by atoms with Crippen molar-refractivity contribution in [3.8, 4) is 0 Å². The molecule has 0 aliphatic carbocycles. The van der Waals surface area contributed by atoms with Crippen LogP contribution >= 0.6 is 11.6 Å². The van der Waals surface area contributed by atoms with Gasteiger partial charge in [-0.2, -0.15) is 13.2 Å². The lowest BCUT2D eigenvalue weighted by Crippen LogP contribution is -2.20. The van der Waals surface area contributed by atoms with Crippen LogP contribution in [0.2, 0.25) is 5.02 Å². The second-order valence-electron chi connectivity index (χ2n) is 7.64. The first-order chi connectivity index (χ1) is 17.1. The maximum absolute atomic E-state index is 13.0. The van der Waals surface area contributed by atoms with Crippen LogP contribution in [0.15, 0.2) is 70.8 Å². The van der Waals surface area contributed by atoms with Gasteiger partial charge < -0.3 is 16.0 Å². The van der Waals surface area contributed by atoms with Crippen LogP contribution in [-0.2, 0) is 17.4 Å². The van der Waals surface area contributed by atoms with Crippen LogP contribution in [0.4, 0.5) is 35.2 Å². The Balaban J connectivity index is 1.40. The summed E-state index contributed by atoms with van der Waals surface area (Å²) in [7, 11) is 0. The van der Waals surface area contributed by atoms with Gasteiger partial charge >= 0.3 is 12.2 Å². The molecule has 2 aromatic carbocycles. The minimum absolute atomic E-state index is 0.0533. The molecule has 4 rings (SSSR count). The number of hydrogen-bond acceptors (Lipinski definition) is 6. The molecule has 184 valence electrons. The number of urea groups is 1. The van der Waals surface area contributed by atoms with Crippen LogP contribution in [0.1, 0.15) is 22.5 Å². The Kier molecular flexibility index (Phi) is 6.97. The molecule has 0 fully saturated rings. The van der Waals surface area contributed by atoms with E-state index in [-0.39, 0.29) is 11.5 Å². The van der Waals surface area contributed by atoms with Crippen molar-refractivity contribution in [2.45, 2.75) is 19.5 Å². The number of aryl methyl sites for hydroxylation is 1. The number of halogens is 4. The molecule has 36 heavy (non-hydrogen) atoms. The maximum Gasteiger partial charge on any atom is 0.417 e. The molecule has 0 unspecified atom stereocenters. The van der Waals surface area contributed by atoms with Gasteiger partial charge in [-0.1, -0.05) is 17.7 Å². The number of nitrogens with zero attached hydrogens (tertiary/aromatic N) is 4. The van der Waals surface area contributed by atoms with Gasteiger partial charge in [0.1, 0.15) is 11.6 Å². The zero-order chi connectivity index (χ0) is 25.9. The molecule has 3 aromatic rings. The first-order valence-electron chi connectivity index (χ1n) is 10.4. The summed E-state index contributed by atoms with van der Waals surface area (Å²) < 4.78 is 39.1. The van der Waals surface area contributed by atoms with E-state index in [9.17, 15) is 22.8 Å². The van der Waals surface area contributed by atoms with Gasteiger partial charge in [-0.05, 0) is 54.4 Å². The van der Waals surface area contributed by atoms with E-state index >= 15 is 0 Å². The van der Waals surface area contributed by atoms with Gasteiger partial charge in [0, 0.05) is 24.0 Å². The Morgan fingerprint density at radius 3 is 2.42 bits per heavy atom. The fraction of sp³-hybridized carbons (Fsp3) is 0.130. The van der Waals surface area contributed by atoms with E-state index in [4.69, 9.17) is 11.6 Å². The number of rotatable bonds is 6. The van der Waals surface area contributed by atoms with E-state index in [0.29, 0.717) is 23.8 Å². The van der Waals surface area contributed by atoms with E-state index in [2.05, 4.69) is 36.1 Å². The van der Waals surface area contributed by atoms with Gasteiger partial charge in [0.2, 0.25) is 0 Å². The molecular weight excluding hydrogens is 499 g/mol. The van der Waals surface area contributed by atoms with Crippen molar-refractivity contribution in [3.63, 3.8) is 0 Å². The summed E-state index contributed by atoms with van der Waals surface area (Å²) in [4.78, 5) is 32.1. The van der Waals surface area contributed by atoms with Gasteiger partial charge in [0.25, 0.3) is 5.91 Å². The van der Waals surface area contributed by atoms with Crippen LogP contribution in [-0.4, -0.2) is 21.9 Å². The van der Waals surface area contributed by atoms with Gasteiger partial charge in [0.05, 0.1) is 16.7 Å². The summed E-state index contributed by atoms with van der Waals surface area (Å²) in [6.07, 6.45) is -1.44. The summed E-state index contributed by atoms with van der Waals surface area (Å²) in [6, 6.07) is 9.18. The first kappa shape index (κ1) is 24.8. The molecule has 3 amide bonds. The van der Waals surface area contributed by atoms with Crippen molar-refractivity contribution in [3.05, 3.63) is 88.1 Å². The molecule has 3 N–H and O–H groups in total. The molecule has 1 aromatic heterocycles. The number of aromatic nitrogens is 2. The zero-order valence-electron chi connectivity index (χ0n) is 18.5. The average Bonchev–Trinajstić information content (AvgIpc) is 3.21. The summed E-state index contributed by atoms with van der Waals surface area (Å²) in [6.45, 7) is 1.84. The molecule has 0 saturated heterocycles. The van der Waals surface area contributed by atoms with E-state index in [1.807, 2.05) is 6.92 Å². The van der Waals surface area contributed by atoms with Crippen molar-refractivity contribution in [2.75, 3.05) is 16.0 Å². The van der Waals surface area contributed by atoms with Crippen LogP contribution in [0.5, 0.6) is 0 Å². The molecule has 0 atom stereocenters. The molecule has 0 saturated carbocycles.